The molecular formula is C13H22ClNO3. The molecule has 104 valence electrons. The molecule has 0 aliphatic carbocycles. The molecule has 18 heavy (non-hydrogen) atoms. The lowest BCUT2D eigenvalue weighted by Crippen LogP contribution is -2.50. The Bertz CT molecular complexity index is 325. The molecule has 0 bridgehead atoms. The zero-order valence-corrected chi connectivity index (χ0v) is 12.0. The number of hydrogen-bond donors (Lipinski definition) is 1. The molecule has 1 N–H and O–H groups in total. The fraction of sp³-hybridized carbons (Fsp3) is 0.769. The fourth-order valence-corrected chi connectivity index (χ4v) is 2.17. The molecule has 0 saturated carbocycles. The first-order valence-electron chi connectivity index (χ1n) is 6.20. The first kappa shape index (κ1) is 15.3. The zero-order chi connectivity index (χ0) is 13.8. The maximum Gasteiger partial charge on any atom is 0.414 e. The van der Waals surface area contributed by atoms with Crippen LogP contribution in [0.1, 0.15) is 40.0 Å². The van der Waals surface area contributed by atoms with E-state index >= 15 is 0 Å². The third kappa shape index (κ3) is 3.62. The van der Waals surface area contributed by atoms with E-state index in [-0.39, 0.29) is 6.61 Å². The number of alkyl halides is 1. The monoisotopic (exact) mass is 275 g/mol. The van der Waals surface area contributed by atoms with E-state index in [0.717, 1.165) is 6.42 Å². The lowest BCUT2D eigenvalue weighted by Gasteiger charge is -2.37. The highest BCUT2D eigenvalue weighted by molar-refractivity contribution is 6.17. The van der Waals surface area contributed by atoms with E-state index in [1.807, 2.05) is 26.8 Å². The van der Waals surface area contributed by atoms with Crippen LogP contribution < -0.4 is 0 Å². The number of rotatable bonds is 4. The third-order valence-electron chi connectivity index (χ3n) is 2.92. The Kier molecular flexibility index (Phi) is 5.05. The normalized spacial score (nSPS) is 23.5. The van der Waals surface area contributed by atoms with Crippen LogP contribution >= 0.6 is 11.6 Å². The maximum absolute atomic E-state index is 12.1. The van der Waals surface area contributed by atoms with Gasteiger partial charge in [-0.05, 0) is 40.0 Å². The van der Waals surface area contributed by atoms with Gasteiger partial charge in [0.15, 0.2) is 0 Å². The lowest BCUT2D eigenvalue weighted by atomic mass is 9.91. The molecule has 0 saturated heterocycles. The van der Waals surface area contributed by atoms with Crippen molar-refractivity contribution in [2.45, 2.75) is 51.2 Å². The molecule has 4 nitrogen and oxygen atoms in total. The molecule has 0 aromatic rings. The first-order valence-corrected chi connectivity index (χ1v) is 6.74. The van der Waals surface area contributed by atoms with Gasteiger partial charge < -0.3 is 9.84 Å². The van der Waals surface area contributed by atoms with Gasteiger partial charge in [-0.3, -0.25) is 4.90 Å². The summed E-state index contributed by atoms with van der Waals surface area (Å²) in [5, 5.41) is 9.63. The number of ether oxygens (including phenoxy) is 1. The van der Waals surface area contributed by atoms with Crippen LogP contribution in [-0.2, 0) is 4.74 Å². The maximum atomic E-state index is 12.1. The highest BCUT2D eigenvalue weighted by Crippen LogP contribution is 2.33. The number of halogens is 1. The van der Waals surface area contributed by atoms with Crippen molar-refractivity contribution in [3.8, 4) is 0 Å². The fourth-order valence-electron chi connectivity index (χ4n) is 2.04. The van der Waals surface area contributed by atoms with E-state index in [2.05, 4.69) is 0 Å². The van der Waals surface area contributed by atoms with Crippen LogP contribution in [0.15, 0.2) is 12.3 Å². The van der Waals surface area contributed by atoms with Crippen molar-refractivity contribution in [2.24, 2.45) is 0 Å². The summed E-state index contributed by atoms with van der Waals surface area (Å²) < 4.78 is 5.35. The van der Waals surface area contributed by atoms with Gasteiger partial charge in [-0.1, -0.05) is 6.08 Å². The number of aliphatic hydroxyl groups is 1. The quantitative estimate of drug-likeness (QED) is 0.803. The molecular weight excluding hydrogens is 254 g/mol. The summed E-state index contributed by atoms with van der Waals surface area (Å²) in [5.41, 5.74) is -1.13. The van der Waals surface area contributed by atoms with Crippen LogP contribution in [0.4, 0.5) is 4.79 Å². The largest absolute Gasteiger partial charge is 0.443 e. The summed E-state index contributed by atoms with van der Waals surface area (Å²) in [6, 6.07) is 0. The van der Waals surface area contributed by atoms with Gasteiger partial charge >= 0.3 is 6.09 Å². The van der Waals surface area contributed by atoms with Gasteiger partial charge in [0.05, 0.1) is 12.1 Å². The van der Waals surface area contributed by atoms with Crippen molar-refractivity contribution >= 4 is 17.7 Å². The Morgan fingerprint density at radius 2 is 2.22 bits per heavy atom. The summed E-state index contributed by atoms with van der Waals surface area (Å²) in [7, 11) is 0. The standard InChI is InChI=1S/C13H22ClNO3/c1-12(2,3)18-11(17)15-9-5-7-13(15,10-16)6-4-8-14/h5,9,16H,4,6-8,10H2,1-3H3. The second-order valence-corrected chi connectivity index (χ2v) is 5.99. The number of amides is 1. The molecule has 1 amide bonds. The minimum atomic E-state index is -0.586. The molecule has 0 aromatic carbocycles. The van der Waals surface area contributed by atoms with E-state index in [0.29, 0.717) is 18.7 Å². The molecule has 1 unspecified atom stereocenters. The SMILES string of the molecule is CC(C)(C)OC(=O)N1C=CCC1(CO)CCCCl. The van der Waals surface area contributed by atoms with E-state index < -0.39 is 17.2 Å². The summed E-state index contributed by atoms with van der Waals surface area (Å²) >= 11 is 5.70. The summed E-state index contributed by atoms with van der Waals surface area (Å²) in [6.45, 7) is 5.38. The number of nitrogens with zero attached hydrogens (tertiary/aromatic N) is 1. The van der Waals surface area contributed by atoms with E-state index in [1.165, 1.54) is 4.90 Å². The van der Waals surface area contributed by atoms with Crippen molar-refractivity contribution in [3.63, 3.8) is 0 Å². The summed E-state index contributed by atoms with van der Waals surface area (Å²) in [6.07, 6.45) is 5.22. The summed E-state index contributed by atoms with van der Waals surface area (Å²) in [4.78, 5) is 13.6. The molecule has 1 atom stereocenters. The number of carbonyl (C=O) groups is 1. The number of hydrogen-bond acceptors (Lipinski definition) is 3. The van der Waals surface area contributed by atoms with Crippen LogP contribution in [0.25, 0.3) is 0 Å². The van der Waals surface area contributed by atoms with Crippen molar-refractivity contribution in [3.05, 3.63) is 12.3 Å². The Balaban J connectivity index is 2.78. The van der Waals surface area contributed by atoms with Gasteiger partial charge in [0.2, 0.25) is 0 Å². The Hall–Kier alpha value is -0.740. The second kappa shape index (κ2) is 5.93. The van der Waals surface area contributed by atoms with Gasteiger partial charge in [-0.15, -0.1) is 11.6 Å². The molecule has 0 radical (unpaired) electrons. The van der Waals surface area contributed by atoms with Crippen LogP contribution in [0.2, 0.25) is 0 Å². The van der Waals surface area contributed by atoms with Crippen LogP contribution in [0.5, 0.6) is 0 Å². The van der Waals surface area contributed by atoms with Crippen LogP contribution in [0.3, 0.4) is 0 Å². The minimum Gasteiger partial charge on any atom is -0.443 e. The van der Waals surface area contributed by atoms with Crippen molar-refractivity contribution < 1.29 is 14.6 Å². The van der Waals surface area contributed by atoms with E-state index in [4.69, 9.17) is 16.3 Å². The Labute approximate surface area is 114 Å². The van der Waals surface area contributed by atoms with Crippen LogP contribution in [0, 0.1) is 0 Å². The smallest absolute Gasteiger partial charge is 0.414 e. The average Bonchev–Trinajstić information content (AvgIpc) is 2.68. The minimum absolute atomic E-state index is 0.0872. The van der Waals surface area contributed by atoms with Gasteiger partial charge in [-0.25, -0.2) is 4.79 Å². The molecule has 1 heterocycles. The van der Waals surface area contributed by atoms with Crippen molar-refractivity contribution in [1.29, 1.82) is 0 Å². The average molecular weight is 276 g/mol. The highest BCUT2D eigenvalue weighted by Gasteiger charge is 2.41. The van der Waals surface area contributed by atoms with E-state index in [1.54, 1.807) is 6.20 Å². The zero-order valence-electron chi connectivity index (χ0n) is 11.3. The predicted octanol–water partition coefficient (Wildman–Crippen LogP) is 2.89. The predicted molar refractivity (Wildman–Crippen MR) is 71.6 cm³/mol. The van der Waals surface area contributed by atoms with Gasteiger partial charge in [0.25, 0.3) is 0 Å². The molecule has 0 spiro atoms. The number of carbonyl (C=O) groups excluding carboxylic acids is 1. The highest BCUT2D eigenvalue weighted by atomic mass is 35.5. The molecule has 5 heteroatoms. The first-order chi connectivity index (χ1) is 8.34. The third-order valence-corrected chi connectivity index (χ3v) is 3.19. The Morgan fingerprint density at radius 1 is 1.56 bits per heavy atom. The molecule has 1 aliphatic rings. The van der Waals surface area contributed by atoms with Gasteiger partial charge in [0, 0.05) is 12.1 Å². The summed E-state index contributed by atoms with van der Waals surface area (Å²) in [5.74, 6) is 0.518. The molecule has 1 aliphatic heterocycles. The number of aliphatic hydroxyl groups excluding tert-OH is 1. The van der Waals surface area contributed by atoms with E-state index in [9.17, 15) is 9.90 Å². The molecule has 0 fully saturated rings. The van der Waals surface area contributed by atoms with Crippen molar-refractivity contribution in [1.82, 2.24) is 4.90 Å². The van der Waals surface area contributed by atoms with Crippen LogP contribution in [-0.4, -0.2) is 39.7 Å². The lowest BCUT2D eigenvalue weighted by molar-refractivity contribution is 0.00137. The van der Waals surface area contributed by atoms with Gasteiger partial charge in [-0.2, -0.15) is 0 Å². The second-order valence-electron chi connectivity index (χ2n) is 5.61. The molecule has 0 aromatic heterocycles. The van der Waals surface area contributed by atoms with Gasteiger partial charge in [0.1, 0.15) is 5.60 Å². The Morgan fingerprint density at radius 3 is 2.72 bits per heavy atom. The molecule has 1 rings (SSSR count). The van der Waals surface area contributed by atoms with Crippen molar-refractivity contribution in [2.75, 3.05) is 12.5 Å². The topological polar surface area (TPSA) is 49.8 Å².